The van der Waals surface area contributed by atoms with Crippen LogP contribution in [0.5, 0.6) is 0 Å². The van der Waals surface area contributed by atoms with Crippen molar-refractivity contribution in [1.29, 1.82) is 0 Å². The van der Waals surface area contributed by atoms with E-state index in [1.54, 1.807) is 24.4 Å². The molecule has 0 fully saturated rings. The summed E-state index contributed by atoms with van der Waals surface area (Å²) in [6.45, 7) is 0. The molecule has 19 heavy (non-hydrogen) atoms. The second-order valence-corrected chi connectivity index (χ2v) is 5.14. The number of anilines is 1. The van der Waals surface area contributed by atoms with E-state index in [0.717, 1.165) is 23.0 Å². The molecular weight excluding hydrogens is 275 g/mol. The summed E-state index contributed by atoms with van der Waals surface area (Å²) in [4.78, 5) is -0.597. The first-order chi connectivity index (χ1) is 8.95. The lowest BCUT2D eigenvalue weighted by atomic mass is 10.1. The highest BCUT2D eigenvalue weighted by molar-refractivity contribution is 7.19. The predicted molar refractivity (Wildman–Crippen MR) is 68.8 cm³/mol. The van der Waals surface area contributed by atoms with Crippen molar-refractivity contribution in [2.75, 3.05) is 5.73 Å². The van der Waals surface area contributed by atoms with Crippen molar-refractivity contribution < 1.29 is 13.2 Å². The van der Waals surface area contributed by atoms with E-state index in [-0.39, 0.29) is 0 Å². The lowest BCUT2D eigenvalue weighted by Crippen LogP contribution is -2.00. The summed E-state index contributed by atoms with van der Waals surface area (Å²) in [7, 11) is 0. The minimum atomic E-state index is -4.31. The molecule has 0 aliphatic carbocycles. The second kappa shape index (κ2) is 3.99. The van der Waals surface area contributed by atoms with Crippen LogP contribution in [-0.4, -0.2) is 10.2 Å². The Balaban J connectivity index is 2.14. The van der Waals surface area contributed by atoms with Crippen molar-refractivity contribution in [3.05, 3.63) is 35.3 Å². The number of thiophene rings is 1. The summed E-state index contributed by atoms with van der Waals surface area (Å²) < 4.78 is 38.5. The molecule has 0 radical (unpaired) electrons. The molecule has 98 valence electrons. The Bertz CT molecular complexity index is 742. The van der Waals surface area contributed by atoms with E-state index in [1.165, 1.54) is 0 Å². The third-order valence-corrected chi connectivity index (χ3v) is 3.94. The predicted octanol–water partition coefficient (Wildman–Crippen LogP) is 3.89. The van der Waals surface area contributed by atoms with E-state index in [9.17, 15) is 13.2 Å². The van der Waals surface area contributed by atoms with Gasteiger partial charge in [0.2, 0.25) is 0 Å². The van der Waals surface area contributed by atoms with Gasteiger partial charge in [-0.15, -0.1) is 11.3 Å². The third-order valence-electron chi connectivity index (χ3n) is 2.78. The van der Waals surface area contributed by atoms with Crippen LogP contribution in [0, 0.1) is 0 Å². The number of alkyl halides is 3. The molecule has 0 aliphatic rings. The minimum absolute atomic E-state index is 0.394. The van der Waals surface area contributed by atoms with Crippen LogP contribution in [0.25, 0.3) is 21.2 Å². The summed E-state index contributed by atoms with van der Waals surface area (Å²) in [5.74, 6) is 0.394. The van der Waals surface area contributed by atoms with Crippen molar-refractivity contribution in [2.24, 2.45) is 0 Å². The van der Waals surface area contributed by atoms with Crippen LogP contribution in [0.1, 0.15) is 4.88 Å². The van der Waals surface area contributed by atoms with E-state index in [1.807, 2.05) is 0 Å². The number of benzene rings is 1. The maximum Gasteiger partial charge on any atom is 0.425 e. The first-order valence-corrected chi connectivity index (χ1v) is 6.17. The number of aromatic nitrogens is 2. The number of nitrogen functional groups attached to an aromatic ring is 1. The Kier molecular flexibility index (Phi) is 2.53. The molecule has 0 amide bonds. The molecule has 7 heteroatoms. The molecule has 3 nitrogen and oxygen atoms in total. The number of nitrogens with two attached hydrogens (primary N) is 1. The monoisotopic (exact) mass is 283 g/mol. The smallest absolute Gasteiger partial charge is 0.384 e. The highest BCUT2D eigenvalue weighted by atomic mass is 32.1. The Morgan fingerprint density at radius 2 is 2.00 bits per heavy atom. The van der Waals surface area contributed by atoms with E-state index in [4.69, 9.17) is 5.73 Å². The molecular formula is C12H8F3N3S. The highest BCUT2D eigenvalue weighted by Crippen LogP contribution is 2.39. The molecule has 0 atom stereocenters. The first kappa shape index (κ1) is 12.0. The summed E-state index contributed by atoms with van der Waals surface area (Å²) in [5, 5.41) is 6.94. The van der Waals surface area contributed by atoms with Gasteiger partial charge in [-0.25, -0.2) is 0 Å². The maximum atomic E-state index is 12.6. The summed E-state index contributed by atoms with van der Waals surface area (Å²) in [5.41, 5.74) is 7.12. The van der Waals surface area contributed by atoms with Gasteiger partial charge in [0.05, 0.1) is 6.20 Å². The van der Waals surface area contributed by atoms with Crippen LogP contribution in [0.2, 0.25) is 0 Å². The van der Waals surface area contributed by atoms with Crippen LogP contribution < -0.4 is 5.73 Å². The van der Waals surface area contributed by atoms with Gasteiger partial charge in [0.1, 0.15) is 10.7 Å². The van der Waals surface area contributed by atoms with Crippen LogP contribution in [-0.2, 0) is 6.18 Å². The Labute approximate surface area is 109 Å². The molecule has 3 N–H and O–H groups in total. The molecule has 3 rings (SSSR count). The fraction of sp³-hybridized carbons (Fsp3) is 0.0833. The zero-order chi connectivity index (χ0) is 13.6. The summed E-state index contributed by atoms with van der Waals surface area (Å²) in [6.07, 6.45) is -2.76. The zero-order valence-corrected chi connectivity index (χ0v) is 10.3. The molecule has 0 saturated carbocycles. The van der Waals surface area contributed by atoms with E-state index in [0.29, 0.717) is 21.5 Å². The highest BCUT2D eigenvalue weighted by Gasteiger charge is 2.32. The van der Waals surface area contributed by atoms with Crippen molar-refractivity contribution in [3.63, 3.8) is 0 Å². The Hall–Kier alpha value is -2.02. The maximum absolute atomic E-state index is 12.6. The quantitative estimate of drug-likeness (QED) is 0.711. The standard InChI is InChI=1S/C12H8F3N3S/c13-12(14,15)10-4-7-3-6(1-2-9(7)19-10)8-5-17-18-11(8)16/h1-5H,(H3,16,17,18). The number of H-pyrrole nitrogens is 1. The van der Waals surface area contributed by atoms with E-state index < -0.39 is 11.1 Å². The molecule has 0 unspecified atom stereocenters. The SMILES string of the molecule is Nc1[nH]ncc1-c1ccc2sc(C(F)(F)F)cc2c1. The molecule has 1 aromatic carbocycles. The lowest BCUT2D eigenvalue weighted by molar-refractivity contribution is -0.134. The Morgan fingerprint density at radius 3 is 2.63 bits per heavy atom. The lowest BCUT2D eigenvalue weighted by Gasteiger charge is -1.99. The number of fused-ring (bicyclic) bond motifs is 1. The van der Waals surface area contributed by atoms with Crippen molar-refractivity contribution in [2.45, 2.75) is 6.18 Å². The first-order valence-electron chi connectivity index (χ1n) is 5.35. The number of nitrogens with one attached hydrogen (secondary N) is 1. The fourth-order valence-corrected chi connectivity index (χ4v) is 2.79. The molecule has 3 aromatic rings. The number of rotatable bonds is 1. The van der Waals surface area contributed by atoms with Gasteiger partial charge in [0.15, 0.2) is 0 Å². The van der Waals surface area contributed by atoms with Gasteiger partial charge in [-0.3, -0.25) is 5.10 Å². The minimum Gasteiger partial charge on any atom is -0.384 e. The normalized spacial score (nSPS) is 12.2. The van der Waals surface area contributed by atoms with Gasteiger partial charge in [-0.1, -0.05) is 6.07 Å². The third kappa shape index (κ3) is 2.06. The van der Waals surface area contributed by atoms with Gasteiger partial charge < -0.3 is 5.73 Å². The average Bonchev–Trinajstić information content (AvgIpc) is 2.92. The van der Waals surface area contributed by atoms with Gasteiger partial charge in [-0.05, 0) is 29.1 Å². The van der Waals surface area contributed by atoms with Crippen molar-refractivity contribution in [1.82, 2.24) is 10.2 Å². The molecule has 2 aromatic heterocycles. The second-order valence-electron chi connectivity index (χ2n) is 4.06. The molecule has 0 aliphatic heterocycles. The van der Waals surface area contributed by atoms with Gasteiger partial charge in [-0.2, -0.15) is 18.3 Å². The van der Waals surface area contributed by atoms with Crippen LogP contribution in [0.15, 0.2) is 30.5 Å². The van der Waals surface area contributed by atoms with Crippen LogP contribution >= 0.6 is 11.3 Å². The van der Waals surface area contributed by atoms with Gasteiger partial charge >= 0.3 is 6.18 Å². The van der Waals surface area contributed by atoms with E-state index >= 15 is 0 Å². The van der Waals surface area contributed by atoms with Crippen molar-refractivity contribution in [3.8, 4) is 11.1 Å². The zero-order valence-electron chi connectivity index (χ0n) is 9.45. The molecule has 0 saturated heterocycles. The summed E-state index contributed by atoms with van der Waals surface area (Å²) >= 11 is 0.735. The van der Waals surface area contributed by atoms with Gasteiger partial charge in [0.25, 0.3) is 0 Å². The number of hydrogen-bond acceptors (Lipinski definition) is 3. The molecule has 0 spiro atoms. The van der Waals surface area contributed by atoms with Crippen LogP contribution in [0.3, 0.4) is 0 Å². The number of nitrogens with zero attached hydrogens (tertiary/aromatic N) is 1. The largest absolute Gasteiger partial charge is 0.425 e. The molecule has 2 heterocycles. The van der Waals surface area contributed by atoms with Crippen molar-refractivity contribution >= 4 is 27.2 Å². The van der Waals surface area contributed by atoms with Crippen LogP contribution in [0.4, 0.5) is 19.0 Å². The fourth-order valence-electron chi connectivity index (χ4n) is 1.88. The summed E-state index contributed by atoms with van der Waals surface area (Å²) in [6, 6.07) is 6.24. The van der Waals surface area contributed by atoms with Gasteiger partial charge in [0, 0.05) is 10.3 Å². The Morgan fingerprint density at radius 1 is 1.21 bits per heavy atom. The number of aromatic amines is 1. The average molecular weight is 283 g/mol. The topological polar surface area (TPSA) is 54.7 Å². The number of halogens is 3. The van der Waals surface area contributed by atoms with E-state index in [2.05, 4.69) is 10.2 Å². The molecule has 0 bridgehead atoms. The number of hydrogen-bond donors (Lipinski definition) is 2.